The van der Waals surface area contributed by atoms with Gasteiger partial charge < -0.3 is 9.90 Å². The molecular weight excluding hydrogens is 446 g/mol. The predicted octanol–water partition coefficient (Wildman–Crippen LogP) is 7.57. The molecule has 8 heteroatoms. The standard InChI is InChI=1S/C12H15F3O.C12H13F3O.CH4/c2*1-11(2,7-8-16)9-3-5-10(6-4-9)12(13,14)15;/h3-6,16H,7-8H2,1-2H3;3-6,8H,7H2,1-2H3;1H4. The molecule has 0 fully saturated rings. The zero-order valence-corrected chi connectivity index (χ0v) is 18.4. The third-order valence-electron chi connectivity index (χ3n) is 5.32. The minimum Gasteiger partial charge on any atom is -0.396 e. The highest BCUT2D eigenvalue weighted by Crippen LogP contribution is 2.33. The summed E-state index contributed by atoms with van der Waals surface area (Å²) in [6, 6.07) is 10.0. The summed E-state index contributed by atoms with van der Waals surface area (Å²) in [4.78, 5) is 10.4. The lowest BCUT2D eigenvalue weighted by molar-refractivity contribution is -0.138. The molecule has 0 amide bonds. The Morgan fingerprint density at radius 2 is 0.970 bits per heavy atom. The minimum absolute atomic E-state index is 0. The van der Waals surface area contributed by atoms with E-state index in [-0.39, 0.29) is 19.4 Å². The average Bonchev–Trinajstić information content (AvgIpc) is 2.67. The first-order chi connectivity index (χ1) is 14.5. The molecule has 2 aromatic carbocycles. The summed E-state index contributed by atoms with van der Waals surface area (Å²) < 4.78 is 73.9. The van der Waals surface area contributed by atoms with Crippen molar-refractivity contribution < 1.29 is 36.2 Å². The van der Waals surface area contributed by atoms with Crippen molar-refractivity contribution in [3.63, 3.8) is 0 Å². The van der Waals surface area contributed by atoms with Gasteiger partial charge in [-0.05, 0) is 52.6 Å². The Morgan fingerprint density at radius 1 is 0.667 bits per heavy atom. The van der Waals surface area contributed by atoms with E-state index in [0.29, 0.717) is 12.8 Å². The van der Waals surface area contributed by atoms with Crippen molar-refractivity contribution in [3.8, 4) is 0 Å². The Hall–Kier alpha value is -2.35. The number of halogens is 6. The number of alkyl halides is 6. The van der Waals surface area contributed by atoms with E-state index in [9.17, 15) is 31.1 Å². The lowest BCUT2D eigenvalue weighted by Crippen LogP contribution is -2.19. The van der Waals surface area contributed by atoms with Gasteiger partial charge in [0.25, 0.3) is 0 Å². The summed E-state index contributed by atoms with van der Waals surface area (Å²) in [5.74, 6) is 0. The van der Waals surface area contributed by atoms with Gasteiger partial charge in [0.2, 0.25) is 0 Å². The van der Waals surface area contributed by atoms with Gasteiger partial charge in [-0.25, -0.2) is 0 Å². The molecule has 2 nitrogen and oxygen atoms in total. The van der Waals surface area contributed by atoms with Gasteiger partial charge in [0.1, 0.15) is 6.29 Å². The van der Waals surface area contributed by atoms with Crippen LogP contribution in [0.15, 0.2) is 48.5 Å². The molecule has 0 bridgehead atoms. The molecule has 0 saturated carbocycles. The van der Waals surface area contributed by atoms with E-state index in [1.165, 1.54) is 24.3 Å². The third kappa shape index (κ3) is 9.20. The van der Waals surface area contributed by atoms with E-state index in [1.807, 2.05) is 27.7 Å². The maximum Gasteiger partial charge on any atom is 0.416 e. The smallest absolute Gasteiger partial charge is 0.396 e. The first-order valence-electron chi connectivity index (χ1n) is 9.94. The van der Waals surface area contributed by atoms with Crippen LogP contribution in [0, 0.1) is 0 Å². The second-order valence-electron chi connectivity index (χ2n) is 8.76. The SMILES string of the molecule is C.CC(C)(CC=O)c1ccc(C(F)(F)F)cc1.CC(C)(CCO)c1ccc(C(F)(F)F)cc1. The molecule has 1 N–H and O–H groups in total. The summed E-state index contributed by atoms with van der Waals surface area (Å²) in [5, 5.41) is 8.87. The first-order valence-corrected chi connectivity index (χ1v) is 9.94. The monoisotopic (exact) mass is 478 g/mol. The Bertz CT molecular complexity index is 848. The van der Waals surface area contributed by atoms with Crippen LogP contribution in [0.4, 0.5) is 26.3 Å². The number of carbonyl (C=O) groups excluding carboxylic acids is 1. The Labute approximate surface area is 191 Å². The van der Waals surface area contributed by atoms with E-state index >= 15 is 0 Å². The van der Waals surface area contributed by atoms with Crippen LogP contribution in [-0.2, 0) is 28.0 Å². The van der Waals surface area contributed by atoms with Crippen LogP contribution in [0.2, 0.25) is 0 Å². The van der Waals surface area contributed by atoms with E-state index in [4.69, 9.17) is 5.11 Å². The number of hydrogen-bond donors (Lipinski definition) is 1. The van der Waals surface area contributed by atoms with Gasteiger partial charge in [0.05, 0.1) is 11.1 Å². The molecule has 2 aromatic rings. The lowest BCUT2D eigenvalue weighted by Gasteiger charge is -2.24. The Balaban J connectivity index is 0.000000602. The molecule has 0 aromatic heterocycles. The highest BCUT2D eigenvalue weighted by Gasteiger charge is 2.31. The fraction of sp³-hybridized carbons (Fsp3) is 0.480. The van der Waals surface area contributed by atoms with Gasteiger partial charge in [-0.15, -0.1) is 0 Å². The summed E-state index contributed by atoms with van der Waals surface area (Å²) in [5.41, 5.74) is -0.513. The Kier molecular flexibility index (Phi) is 10.8. The number of aldehydes is 1. The van der Waals surface area contributed by atoms with Crippen molar-refractivity contribution in [1.29, 1.82) is 0 Å². The van der Waals surface area contributed by atoms with Gasteiger partial charge >= 0.3 is 12.4 Å². The van der Waals surface area contributed by atoms with Crippen LogP contribution in [0.5, 0.6) is 0 Å². The van der Waals surface area contributed by atoms with E-state index in [0.717, 1.165) is 41.7 Å². The first kappa shape index (κ1) is 30.6. The molecule has 0 radical (unpaired) electrons. The van der Waals surface area contributed by atoms with Crippen molar-refractivity contribution in [3.05, 3.63) is 70.8 Å². The molecule has 186 valence electrons. The van der Waals surface area contributed by atoms with Crippen LogP contribution >= 0.6 is 0 Å². The van der Waals surface area contributed by atoms with Crippen molar-refractivity contribution in [1.82, 2.24) is 0 Å². The van der Waals surface area contributed by atoms with Gasteiger partial charge in [0, 0.05) is 13.0 Å². The highest BCUT2D eigenvalue weighted by atomic mass is 19.4. The van der Waals surface area contributed by atoms with Gasteiger partial charge in [-0.1, -0.05) is 59.4 Å². The fourth-order valence-electron chi connectivity index (χ4n) is 2.97. The van der Waals surface area contributed by atoms with Gasteiger partial charge in [0.15, 0.2) is 0 Å². The topological polar surface area (TPSA) is 37.3 Å². The molecule has 0 aliphatic heterocycles. The number of carbonyl (C=O) groups is 1. The molecule has 2 rings (SSSR count). The summed E-state index contributed by atoms with van der Waals surface area (Å²) in [7, 11) is 0. The molecule has 0 aliphatic carbocycles. The van der Waals surface area contributed by atoms with Crippen LogP contribution in [-0.4, -0.2) is 18.0 Å². The predicted molar refractivity (Wildman–Crippen MR) is 118 cm³/mol. The second-order valence-corrected chi connectivity index (χ2v) is 8.76. The minimum atomic E-state index is -4.31. The zero-order valence-electron chi connectivity index (χ0n) is 18.4. The van der Waals surface area contributed by atoms with E-state index in [2.05, 4.69) is 0 Å². The second kappa shape index (κ2) is 11.7. The lowest BCUT2D eigenvalue weighted by atomic mass is 9.81. The quantitative estimate of drug-likeness (QED) is 0.343. The van der Waals surface area contributed by atoms with Crippen LogP contribution in [0.1, 0.15) is 70.2 Å². The van der Waals surface area contributed by atoms with E-state index in [1.54, 1.807) is 0 Å². The fourth-order valence-corrected chi connectivity index (χ4v) is 2.97. The van der Waals surface area contributed by atoms with Gasteiger partial charge in [-0.3, -0.25) is 0 Å². The summed E-state index contributed by atoms with van der Waals surface area (Å²) in [6.45, 7) is 7.46. The van der Waals surface area contributed by atoms with Crippen LogP contribution in [0.25, 0.3) is 0 Å². The number of aliphatic hydroxyl groups is 1. The largest absolute Gasteiger partial charge is 0.416 e. The molecule has 0 heterocycles. The van der Waals surface area contributed by atoms with E-state index < -0.39 is 28.9 Å². The molecule has 0 spiro atoms. The van der Waals surface area contributed by atoms with Crippen LogP contribution in [0.3, 0.4) is 0 Å². The molecule has 0 atom stereocenters. The summed E-state index contributed by atoms with van der Waals surface area (Å²) in [6.07, 6.45) is -7.01. The molecule has 0 saturated heterocycles. The third-order valence-corrected chi connectivity index (χ3v) is 5.32. The zero-order chi connectivity index (χ0) is 24.8. The highest BCUT2D eigenvalue weighted by molar-refractivity contribution is 5.53. The maximum atomic E-state index is 12.3. The number of hydrogen-bond acceptors (Lipinski definition) is 2. The van der Waals surface area contributed by atoms with Crippen LogP contribution < -0.4 is 0 Å². The van der Waals surface area contributed by atoms with Crippen molar-refractivity contribution >= 4 is 6.29 Å². The molecule has 33 heavy (non-hydrogen) atoms. The number of benzene rings is 2. The number of rotatable bonds is 6. The molecule has 0 unspecified atom stereocenters. The van der Waals surface area contributed by atoms with Gasteiger partial charge in [-0.2, -0.15) is 26.3 Å². The Morgan fingerprint density at radius 3 is 1.24 bits per heavy atom. The van der Waals surface area contributed by atoms with Crippen molar-refractivity contribution in [2.75, 3.05) is 6.61 Å². The van der Waals surface area contributed by atoms with Crippen molar-refractivity contribution in [2.24, 2.45) is 0 Å². The summed E-state index contributed by atoms with van der Waals surface area (Å²) >= 11 is 0. The van der Waals surface area contributed by atoms with Crippen molar-refractivity contribution in [2.45, 2.75) is 71.1 Å². The molecule has 0 aliphatic rings. The number of aliphatic hydroxyl groups excluding tert-OH is 1. The normalized spacial score (nSPS) is 12.3. The average molecular weight is 479 g/mol. The molecular formula is C25H32F6O2. The maximum absolute atomic E-state index is 12.3.